The van der Waals surface area contributed by atoms with Crippen molar-refractivity contribution in [2.45, 2.75) is 40.0 Å². The Kier molecular flexibility index (Phi) is 2.79. The standard InChI is InChI=1S/C10H16N2/c1-5-9-10(7(2)3)11-6-8(4)12-9/h6-7H,5H2,1-4H3. The Morgan fingerprint density at radius 3 is 2.58 bits per heavy atom. The minimum absolute atomic E-state index is 0.480. The lowest BCUT2D eigenvalue weighted by Crippen LogP contribution is -2.03. The first kappa shape index (κ1) is 9.17. The van der Waals surface area contributed by atoms with E-state index in [1.807, 2.05) is 13.1 Å². The first-order valence-corrected chi connectivity index (χ1v) is 4.47. The van der Waals surface area contributed by atoms with E-state index >= 15 is 0 Å². The number of hydrogen-bond acceptors (Lipinski definition) is 2. The lowest BCUT2D eigenvalue weighted by atomic mass is 10.1. The highest BCUT2D eigenvalue weighted by Gasteiger charge is 2.07. The van der Waals surface area contributed by atoms with Crippen molar-refractivity contribution in [2.75, 3.05) is 0 Å². The van der Waals surface area contributed by atoms with Crippen molar-refractivity contribution in [3.05, 3.63) is 23.3 Å². The van der Waals surface area contributed by atoms with Gasteiger partial charge in [0.2, 0.25) is 0 Å². The van der Waals surface area contributed by atoms with Crippen LogP contribution >= 0.6 is 0 Å². The Hall–Kier alpha value is -0.920. The van der Waals surface area contributed by atoms with E-state index in [9.17, 15) is 0 Å². The molecule has 0 aromatic carbocycles. The number of rotatable bonds is 2. The normalized spacial score (nSPS) is 10.8. The van der Waals surface area contributed by atoms with Crippen LogP contribution < -0.4 is 0 Å². The van der Waals surface area contributed by atoms with E-state index in [2.05, 4.69) is 30.7 Å². The minimum Gasteiger partial charge on any atom is -0.257 e. The minimum atomic E-state index is 0.480. The number of nitrogens with zero attached hydrogens (tertiary/aromatic N) is 2. The van der Waals surface area contributed by atoms with Gasteiger partial charge in [0.15, 0.2) is 0 Å². The molecular formula is C10H16N2. The maximum Gasteiger partial charge on any atom is 0.0644 e. The summed E-state index contributed by atoms with van der Waals surface area (Å²) in [7, 11) is 0. The summed E-state index contributed by atoms with van der Waals surface area (Å²) in [5.74, 6) is 0.480. The Morgan fingerprint density at radius 2 is 2.08 bits per heavy atom. The van der Waals surface area contributed by atoms with Gasteiger partial charge in [0.25, 0.3) is 0 Å². The predicted octanol–water partition coefficient (Wildman–Crippen LogP) is 2.47. The van der Waals surface area contributed by atoms with E-state index in [-0.39, 0.29) is 0 Å². The van der Waals surface area contributed by atoms with Crippen molar-refractivity contribution in [1.29, 1.82) is 0 Å². The van der Waals surface area contributed by atoms with Gasteiger partial charge in [-0.15, -0.1) is 0 Å². The molecule has 0 radical (unpaired) electrons. The third kappa shape index (κ3) is 1.81. The number of aryl methyl sites for hydroxylation is 2. The highest BCUT2D eigenvalue weighted by Crippen LogP contribution is 2.15. The van der Waals surface area contributed by atoms with Crippen molar-refractivity contribution in [3.8, 4) is 0 Å². The van der Waals surface area contributed by atoms with Crippen molar-refractivity contribution >= 4 is 0 Å². The maximum absolute atomic E-state index is 4.45. The first-order valence-electron chi connectivity index (χ1n) is 4.47. The molecule has 0 fully saturated rings. The zero-order valence-electron chi connectivity index (χ0n) is 8.26. The zero-order chi connectivity index (χ0) is 9.14. The molecule has 66 valence electrons. The average molecular weight is 164 g/mol. The molecule has 1 aromatic rings. The van der Waals surface area contributed by atoms with Crippen LogP contribution in [0.3, 0.4) is 0 Å². The summed E-state index contributed by atoms with van der Waals surface area (Å²) in [6.45, 7) is 8.41. The van der Waals surface area contributed by atoms with E-state index < -0.39 is 0 Å². The van der Waals surface area contributed by atoms with Crippen LogP contribution in [0.25, 0.3) is 0 Å². The summed E-state index contributed by atoms with van der Waals surface area (Å²) in [6, 6.07) is 0. The molecule has 1 aromatic heterocycles. The molecule has 0 aliphatic carbocycles. The summed E-state index contributed by atoms with van der Waals surface area (Å²) in [5, 5.41) is 0. The summed E-state index contributed by atoms with van der Waals surface area (Å²) >= 11 is 0. The molecule has 12 heavy (non-hydrogen) atoms. The van der Waals surface area contributed by atoms with E-state index in [1.165, 1.54) is 0 Å². The van der Waals surface area contributed by atoms with Gasteiger partial charge >= 0.3 is 0 Å². The van der Waals surface area contributed by atoms with Crippen LogP contribution in [-0.2, 0) is 6.42 Å². The molecule has 2 heteroatoms. The Balaban J connectivity index is 3.11. The summed E-state index contributed by atoms with van der Waals surface area (Å²) in [5.41, 5.74) is 3.30. The van der Waals surface area contributed by atoms with E-state index in [0.717, 1.165) is 23.5 Å². The van der Waals surface area contributed by atoms with Gasteiger partial charge in [-0.2, -0.15) is 0 Å². The summed E-state index contributed by atoms with van der Waals surface area (Å²) in [4.78, 5) is 8.84. The predicted molar refractivity (Wildman–Crippen MR) is 50.2 cm³/mol. The summed E-state index contributed by atoms with van der Waals surface area (Å²) in [6.07, 6.45) is 2.82. The highest BCUT2D eigenvalue weighted by atomic mass is 14.8. The molecule has 0 N–H and O–H groups in total. The third-order valence-electron chi connectivity index (χ3n) is 1.88. The quantitative estimate of drug-likeness (QED) is 0.671. The molecule has 0 aliphatic heterocycles. The molecule has 2 nitrogen and oxygen atoms in total. The largest absolute Gasteiger partial charge is 0.257 e. The van der Waals surface area contributed by atoms with E-state index in [4.69, 9.17) is 0 Å². The van der Waals surface area contributed by atoms with Crippen LogP contribution in [0.4, 0.5) is 0 Å². The average Bonchev–Trinajstić information content (AvgIpc) is 2.03. The fourth-order valence-corrected chi connectivity index (χ4v) is 1.28. The van der Waals surface area contributed by atoms with Crippen LogP contribution in [0.5, 0.6) is 0 Å². The van der Waals surface area contributed by atoms with Crippen molar-refractivity contribution in [3.63, 3.8) is 0 Å². The second kappa shape index (κ2) is 3.65. The molecule has 1 heterocycles. The lowest BCUT2D eigenvalue weighted by Gasteiger charge is -2.09. The van der Waals surface area contributed by atoms with E-state index in [1.54, 1.807) is 0 Å². The molecule has 0 bridgehead atoms. The van der Waals surface area contributed by atoms with Gasteiger partial charge in [0, 0.05) is 6.20 Å². The topological polar surface area (TPSA) is 25.8 Å². The van der Waals surface area contributed by atoms with Gasteiger partial charge in [-0.25, -0.2) is 0 Å². The van der Waals surface area contributed by atoms with Crippen molar-refractivity contribution in [2.24, 2.45) is 0 Å². The summed E-state index contributed by atoms with van der Waals surface area (Å²) < 4.78 is 0. The zero-order valence-corrected chi connectivity index (χ0v) is 8.26. The molecule has 0 atom stereocenters. The molecule has 1 rings (SSSR count). The Morgan fingerprint density at radius 1 is 1.42 bits per heavy atom. The number of aromatic nitrogens is 2. The maximum atomic E-state index is 4.45. The smallest absolute Gasteiger partial charge is 0.0644 e. The fourth-order valence-electron chi connectivity index (χ4n) is 1.28. The van der Waals surface area contributed by atoms with Gasteiger partial charge in [0.05, 0.1) is 17.1 Å². The van der Waals surface area contributed by atoms with Crippen molar-refractivity contribution < 1.29 is 0 Å². The SMILES string of the molecule is CCc1nc(C)cnc1C(C)C. The molecule has 0 amide bonds. The van der Waals surface area contributed by atoms with Crippen molar-refractivity contribution in [1.82, 2.24) is 9.97 Å². The van der Waals surface area contributed by atoms with Gasteiger partial charge in [-0.1, -0.05) is 20.8 Å². The van der Waals surface area contributed by atoms with Gasteiger partial charge in [-0.05, 0) is 19.3 Å². The second-order valence-electron chi connectivity index (χ2n) is 3.35. The van der Waals surface area contributed by atoms with Gasteiger partial charge < -0.3 is 0 Å². The Labute approximate surface area is 74.1 Å². The monoisotopic (exact) mass is 164 g/mol. The molecule has 0 saturated carbocycles. The molecular weight excluding hydrogens is 148 g/mol. The van der Waals surface area contributed by atoms with Crippen LogP contribution in [0.2, 0.25) is 0 Å². The van der Waals surface area contributed by atoms with Crippen LogP contribution in [0, 0.1) is 6.92 Å². The fraction of sp³-hybridized carbons (Fsp3) is 0.600. The Bertz CT molecular complexity index is 267. The second-order valence-corrected chi connectivity index (χ2v) is 3.35. The highest BCUT2D eigenvalue weighted by molar-refractivity contribution is 5.16. The van der Waals surface area contributed by atoms with E-state index in [0.29, 0.717) is 5.92 Å². The van der Waals surface area contributed by atoms with Gasteiger partial charge in [-0.3, -0.25) is 9.97 Å². The third-order valence-corrected chi connectivity index (χ3v) is 1.88. The lowest BCUT2D eigenvalue weighted by molar-refractivity contribution is 0.772. The van der Waals surface area contributed by atoms with Crippen LogP contribution in [0.15, 0.2) is 6.20 Å². The molecule has 0 spiro atoms. The molecule has 0 saturated heterocycles. The number of hydrogen-bond donors (Lipinski definition) is 0. The van der Waals surface area contributed by atoms with Crippen LogP contribution in [0.1, 0.15) is 43.8 Å². The first-order chi connectivity index (χ1) is 5.65. The van der Waals surface area contributed by atoms with Gasteiger partial charge in [0.1, 0.15) is 0 Å². The molecule has 0 unspecified atom stereocenters. The van der Waals surface area contributed by atoms with Crippen LogP contribution in [-0.4, -0.2) is 9.97 Å². The molecule has 0 aliphatic rings.